The van der Waals surface area contributed by atoms with Crippen LogP contribution in [0.2, 0.25) is 0 Å². The number of hydrogen-bond acceptors (Lipinski definition) is 21. The van der Waals surface area contributed by atoms with Crippen molar-refractivity contribution in [1.82, 2.24) is 0 Å². The first-order valence-electron chi connectivity index (χ1n) is 24.7. The molecular formula is C48H48N21O12P3. The third kappa shape index (κ3) is 19.9. The SMILES string of the molecule is [N-]=[N+]=NCCOc1ccc(OP2(Oc3ccc(OCCN=[N+]=[N-])cc3)=NP(Oc3ccc(OCCN=[N+]=[N-])cc3)(Oc3ccc(OCCN=[N+]=[N-])cc3)=NP(Oc3ccc(OCCN=[N+]=[N-])cc3)(Oc3ccc(OCCN=[N+]=[N-])cc3)=N2)cc1. The van der Waals surface area contributed by atoms with Crippen molar-refractivity contribution in [1.29, 1.82) is 0 Å². The molecule has 0 aromatic heterocycles. The molecular weight excluding hydrogens is 1160 g/mol. The van der Waals surface area contributed by atoms with Crippen LogP contribution in [0.5, 0.6) is 69.0 Å². The maximum Gasteiger partial charge on any atom is 0.460 e. The van der Waals surface area contributed by atoms with Crippen molar-refractivity contribution in [3.8, 4) is 69.0 Å². The van der Waals surface area contributed by atoms with E-state index in [1.165, 1.54) is 0 Å². The maximum absolute atomic E-state index is 8.81. The molecule has 0 unspecified atom stereocenters. The molecule has 0 saturated carbocycles. The zero-order valence-electron chi connectivity index (χ0n) is 44.0. The van der Waals surface area contributed by atoms with E-state index in [1.54, 1.807) is 146 Å². The second kappa shape index (κ2) is 32.7. The van der Waals surface area contributed by atoms with E-state index in [2.05, 4.69) is 60.2 Å². The van der Waals surface area contributed by atoms with Crippen LogP contribution in [0.25, 0.3) is 62.7 Å². The number of ether oxygens (including phenoxy) is 6. The summed E-state index contributed by atoms with van der Waals surface area (Å²) in [5, 5.41) is 21.2. The topological polar surface area (TPSA) is 440 Å². The highest BCUT2D eigenvalue weighted by molar-refractivity contribution is 7.79. The van der Waals surface area contributed by atoms with Gasteiger partial charge in [0, 0.05) is 29.5 Å². The van der Waals surface area contributed by atoms with Crippen LogP contribution in [-0.4, -0.2) is 78.9 Å². The van der Waals surface area contributed by atoms with Gasteiger partial charge in [0.15, 0.2) is 0 Å². The summed E-state index contributed by atoms with van der Waals surface area (Å²) in [4.78, 5) is 16.7. The Kier molecular flexibility index (Phi) is 23.8. The monoisotopic (exact) mass is 1200 g/mol. The molecule has 0 bridgehead atoms. The van der Waals surface area contributed by atoms with Crippen LogP contribution in [0.3, 0.4) is 0 Å². The molecule has 0 saturated heterocycles. The lowest BCUT2D eigenvalue weighted by Gasteiger charge is -2.33. The van der Waals surface area contributed by atoms with Gasteiger partial charge in [0.25, 0.3) is 0 Å². The Hall–Kier alpha value is -10.5. The Bertz CT molecular complexity index is 3000. The van der Waals surface area contributed by atoms with E-state index >= 15 is 0 Å². The molecule has 0 atom stereocenters. The van der Waals surface area contributed by atoms with Gasteiger partial charge in [-0.1, -0.05) is 44.2 Å². The van der Waals surface area contributed by atoms with Crippen molar-refractivity contribution in [2.24, 2.45) is 44.2 Å². The molecule has 1 aliphatic rings. The predicted molar refractivity (Wildman–Crippen MR) is 308 cm³/mol. The smallest absolute Gasteiger partial charge is 0.460 e. The van der Waals surface area contributed by atoms with E-state index in [0.29, 0.717) is 34.5 Å². The van der Waals surface area contributed by atoms with Gasteiger partial charge in [-0.2, -0.15) is 0 Å². The van der Waals surface area contributed by atoms with Crippen molar-refractivity contribution in [3.63, 3.8) is 0 Å². The van der Waals surface area contributed by atoms with E-state index < -0.39 is 23.0 Å². The summed E-state index contributed by atoms with van der Waals surface area (Å²) in [5.41, 5.74) is 52.8. The average molecular weight is 1200 g/mol. The van der Waals surface area contributed by atoms with E-state index in [4.69, 9.17) is 102 Å². The first-order chi connectivity index (χ1) is 41.2. The van der Waals surface area contributed by atoms with Crippen LogP contribution in [-0.2, 0) is 0 Å². The molecule has 0 radical (unpaired) electrons. The van der Waals surface area contributed by atoms with Gasteiger partial charge in [-0.15, -0.1) is 0 Å². The summed E-state index contributed by atoms with van der Waals surface area (Å²) in [6, 6.07) is 38.0. The summed E-state index contributed by atoms with van der Waals surface area (Å²) in [6.45, 7) is 0.815. The second-order valence-electron chi connectivity index (χ2n) is 15.9. The molecule has 0 spiro atoms. The van der Waals surface area contributed by atoms with Crippen molar-refractivity contribution in [2.75, 3.05) is 78.9 Å². The highest BCUT2D eigenvalue weighted by Crippen LogP contribution is 2.78. The standard InChI is InChI=1S/C48H48N21O12P3/c49-61-55-25-31-70-37-1-13-43(14-2-37)76-82(77-44-15-3-38(4-16-44)71-32-26-56-62-50)67-83(78-45-17-5-39(6-18-45)72-33-27-57-63-51,79-46-19-7-40(8-20-46)73-34-28-58-64-52)69-84(68-82,80-47-21-9-41(10-22-47)74-35-29-59-65-53)81-48-23-11-42(12-24-48)75-36-30-60-66-54/h1-24H,25-36H2. The van der Waals surface area contributed by atoms with Crippen molar-refractivity contribution in [3.05, 3.63) is 208 Å². The lowest BCUT2D eigenvalue weighted by atomic mass is 10.3. The van der Waals surface area contributed by atoms with Crippen LogP contribution >= 0.6 is 23.0 Å². The quantitative estimate of drug-likeness (QED) is 0.0116. The minimum atomic E-state index is -4.53. The third-order valence-corrected chi connectivity index (χ3v) is 18.2. The Balaban J connectivity index is 1.49. The number of azide groups is 6. The molecule has 1 heterocycles. The van der Waals surface area contributed by atoms with E-state index in [0.717, 1.165) is 0 Å². The molecule has 0 aliphatic carbocycles. The fourth-order valence-corrected chi connectivity index (χ4v) is 15.7. The lowest BCUT2D eigenvalue weighted by Crippen LogP contribution is -2.11. The van der Waals surface area contributed by atoms with Crippen LogP contribution in [0.15, 0.2) is 190 Å². The highest BCUT2D eigenvalue weighted by atomic mass is 31.3. The molecule has 84 heavy (non-hydrogen) atoms. The fourth-order valence-electron chi connectivity index (χ4n) is 6.66. The second-order valence-corrected chi connectivity index (χ2v) is 22.1. The van der Waals surface area contributed by atoms with Gasteiger partial charge in [-0.25, -0.2) is 0 Å². The van der Waals surface area contributed by atoms with Crippen molar-refractivity contribution < 1.29 is 55.6 Å². The van der Waals surface area contributed by atoms with Crippen LogP contribution in [0.4, 0.5) is 0 Å². The van der Waals surface area contributed by atoms with Gasteiger partial charge in [-0.3, -0.25) is 0 Å². The van der Waals surface area contributed by atoms with Gasteiger partial charge in [0.1, 0.15) is 69.0 Å². The normalized spacial score (nSPS) is 16.1. The first kappa shape index (κ1) is 61.1. The molecule has 36 heteroatoms. The molecule has 6 aromatic carbocycles. The molecule has 0 amide bonds. The Morgan fingerprint density at radius 3 is 0.500 bits per heavy atom. The first-order valence-corrected chi connectivity index (χ1v) is 29.3. The molecule has 0 fully saturated rings. The summed E-state index contributed by atoms with van der Waals surface area (Å²) in [6.07, 6.45) is 0. The summed E-state index contributed by atoms with van der Waals surface area (Å²) in [5.74, 6) is 3.10. The average Bonchev–Trinajstić information content (AvgIpc) is 2.12. The van der Waals surface area contributed by atoms with Crippen LogP contribution < -0.4 is 55.6 Å². The van der Waals surface area contributed by atoms with Crippen LogP contribution in [0, 0.1) is 0 Å². The number of rotatable bonds is 36. The fraction of sp³-hybridized carbons (Fsp3) is 0.250. The van der Waals surface area contributed by atoms with Crippen LogP contribution in [0.1, 0.15) is 0 Å². The minimum absolute atomic E-state index is 0.0639. The number of nitrogens with zero attached hydrogens (tertiary/aromatic N) is 21. The van der Waals surface area contributed by atoms with E-state index in [9.17, 15) is 0 Å². The third-order valence-electron chi connectivity index (χ3n) is 10.1. The van der Waals surface area contributed by atoms with Gasteiger partial charge < -0.3 is 55.6 Å². The van der Waals surface area contributed by atoms with Crippen molar-refractivity contribution in [2.45, 2.75) is 0 Å². The molecule has 33 nitrogen and oxygen atoms in total. The Morgan fingerprint density at radius 1 is 0.238 bits per heavy atom. The molecule has 432 valence electrons. The van der Waals surface area contributed by atoms with Gasteiger partial charge in [0.05, 0.1) is 78.9 Å². The predicted octanol–water partition coefficient (Wildman–Crippen LogP) is 16.4. The summed E-state index contributed by atoms with van der Waals surface area (Å²) < 4.78 is 92.4. The maximum atomic E-state index is 8.81. The van der Waals surface area contributed by atoms with Crippen molar-refractivity contribution >= 4 is 23.0 Å². The number of hydrogen-bond donors (Lipinski definition) is 0. The van der Waals surface area contributed by atoms with Gasteiger partial charge in [0.2, 0.25) is 0 Å². The minimum Gasteiger partial charge on any atom is -0.493 e. The molecule has 6 aromatic rings. The zero-order valence-corrected chi connectivity index (χ0v) is 46.7. The highest BCUT2D eigenvalue weighted by Gasteiger charge is 2.49. The van der Waals surface area contributed by atoms with E-state index in [1.807, 2.05) is 0 Å². The lowest BCUT2D eigenvalue weighted by molar-refractivity contribution is 0.327. The molecule has 7 rings (SSSR count). The van der Waals surface area contributed by atoms with Gasteiger partial charge in [-0.05, 0) is 179 Å². The molecule has 0 N–H and O–H groups in total. The van der Waals surface area contributed by atoms with E-state index in [-0.39, 0.29) is 113 Å². The Labute approximate surface area is 477 Å². The molecule has 1 aliphatic heterocycles. The van der Waals surface area contributed by atoms with Gasteiger partial charge >= 0.3 is 23.0 Å². The number of benzene rings is 6. The summed E-state index contributed by atoms with van der Waals surface area (Å²) in [7, 11) is -13.6. The zero-order chi connectivity index (χ0) is 59.0. The largest absolute Gasteiger partial charge is 0.493 e. The Morgan fingerprint density at radius 2 is 0.369 bits per heavy atom. The summed E-state index contributed by atoms with van der Waals surface area (Å²) >= 11 is 0.